The first-order valence-electron chi connectivity index (χ1n) is 6.64. The molecule has 1 saturated heterocycles. The molecular weight excluding hydrogens is 299 g/mol. The lowest BCUT2D eigenvalue weighted by Gasteiger charge is -2.29. The summed E-state index contributed by atoms with van der Waals surface area (Å²) in [5.74, 6) is -0.961. The van der Waals surface area contributed by atoms with Crippen molar-refractivity contribution in [3.63, 3.8) is 0 Å². The van der Waals surface area contributed by atoms with Crippen LogP contribution in [0.2, 0.25) is 0 Å². The molecule has 1 aromatic rings. The topological polar surface area (TPSA) is 46.5 Å². The Morgan fingerprint density at radius 1 is 1.35 bits per heavy atom. The van der Waals surface area contributed by atoms with Crippen molar-refractivity contribution in [3.8, 4) is 0 Å². The highest BCUT2D eigenvalue weighted by Crippen LogP contribution is 2.37. The normalized spacial score (nSPS) is 25.6. The maximum Gasteiger partial charge on any atom is 0.309 e. The van der Waals surface area contributed by atoms with Gasteiger partial charge in [0.25, 0.3) is 0 Å². The average molecular weight is 317 g/mol. The maximum atomic E-state index is 11.5. The molecule has 1 aliphatic heterocycles. The molecule has 0 spiro atoms. The number of aliphatic hydroxyl groups excluding tert-OH is 1. The minimum absolute atomic E-state index is 0.198. The molecule has 5 heteroatoms. The van der Waals surface area contributed by atoms with Crippen LogP contribution in [0.5, 0.6) is 0 Å². The summed E-state index contributed by atoms with van der Waals surface area (Å²) in [5, 5.41) is 10.5. The van der Waals surface area contributed by atoms with Gasteiger partial charge in [-0.25, -0.2) is 0 Å². The van der Waals surface area contributed by atoms with Crippen molar-refractivity contribution in [2.24, 2.45) is 5.92 Å². The monoisotopic (exact) mass is 316 g/mol. The van der Waals surface area contributed by atoms with Crippen molar-refractivity contribution in [1.82, 2.24) is 0 Å². The van der Waals surface area contributed by atoms with E-state index in [1.807, 2.05) is 31.2 Å². The first-order valence-corrected chi connectivity index (χ1v) is 7.51. The second kappa shape index (κ2) is 6.33. The van der Waals surface area contributed by atoms with E-state index in [1.54, 1.807) is 6.92 Å². The molecule has 0 amide bonds. The van der Waals surface area contributed by atoms with Gasteiger partial charge in [-0.1, -0.05) is 31.2 Å². The van der Waals surface area contributed by atoms with E-state index in [9.17, 15) is 9.90 Å². The third kappa shape index (κ3) is 3.11. The van der Waals surface area contributed by atoms with Gasteiger partial charge in [0.15, 0.2) is 0 Å². The van der Waals surface area contributed by atoms with E-state index in [4.69, 9.17) is 27.9 Å². The van der Waals surface area contributed by atoms with Gasteiger partial charge in [0.2, 0.25) is 0 Å². The van der Waals surface area contributed by atoms with Gasteiger partial charge in [-0.3, -0.25) is 4.79 Å². The number of carbonyl (C=O) groups is 1. The highest BCUT2D eigenvalue weighted by atomic mass is 35.5. The number of carbonyl (C=O) groups excluding carboxylic acids is 1. The maximum absolute atomic E-state index is 11.5. The van der Waals surface area contributed by atoms with Crippen LogP contribution in [0.25, 0.3) is 0 Å². The summed E-state index contributed by atoms with van der Waals surface area (Å²) in [4.78, 5) is 10.7. The molecule has 0 aromatic heterocycles. The minimum atomic E-state index is -0.912. The molecule has 4 atom stereocenters. The van der Waals surface area contributed by atoms with E-state index in [1.165, 1.54) is 0 Å². The molecule has 0 bridgehead atoms. The average Bonchev–Trinajstić information content (AvgIpc) is 2.72. The zero-order chi connectivity index (χ0) is 14.9. The fourth-order valence-corrected chi connectivity index (χ4v) is 3.20. The van der Waals surface area contributed by atoms with E-state index in [0.29, 0.717) is 6.42 Å². The summed E-state index contributed by atoms with van der Waals surface area (Å²) < 4.78 is 5.22. The van der Waals surface area contributed by atoms with Gasteiger partial charge in [0.1, 0.15) is 17.0 Å². The van der Waals surface area contributed by atoms with Crippen molar-refractivity contribution >= 4 is 29.2 Å². The lowest BCUT2D eigenvalue weighted by atomic mass is 9.87. The van der Waals surface area contributed by atoms with Crippen LogP contribution in [0.15, 0.2) is 24.3 Å². The van der Waals surface area contributed by atoms with Gasteiger partial charge in [-0.2, -0.15) is 0 Å². The highest BCUT2D eigenvalue weighted by Gasteiger charge is 2.41. The molecule has 1 N–H and O–H groups in total. The quantitative estimate of drug-likeness (QED) is 0.685. The van der Waals surface area contributed by atoms with Gasteiger partial charge in [-0.05, 0) is 24.5 Å². The summed E-state index contributed by atoms with van der Waals surface area (Å²) in [6.07, 6.45) is -0.977. The number of halogens is 2. The first kappa shape index (κ1) is 15.6. The summed E-state index contributed by atoms with van der Waals surface area (Å²) in [7, 11) is 0. The molecule has 0 radical (unpaired) electrons. The predicted molar refractivity (Wildman–Crippen MR) is 79.1 cm³/mol. The van der Waals surface area contributed by atoms with Gasteiger partial charge < -0.3 is 9.84 Å². The summed E-state index contributed by atoms with van der Waals surface area (Å²) in [5.41, 5.74) is 1.88. The Morgan fingerprint density at radius 3 is 2.50 bits per heavy atom. The molecule has 20 heavy (non-hydrogen) atoms. The number of aliphatic hydroxyl groups is 1. The second-order valence-electron chi connectivity index (χ2n) is 5.32. The number of aryl methyl sites for hydroxylation is 1. The van der Waals surface area contributed by atoms with Crippen LogP contribution in [0.4, 0.5) is 0 Å². The number of alkyl halides is 2. The van der Waals surface area contributed by atoms with Gasteiger partial charge in [0, 0.05) is 5.92 Å². The summed E-state index contributed by atoms with van der Waals surface area (Å²) in [6.45, 7) is 3.73. The second-order valence-corrected chi connectivity index (χ2v) is 6.48. The Morgan fingerprint density at radius 2 is 2.00 bits per heavy atom. The molecule has 0 unspecified atom stereocenters. The third-order valence-corrected chi connectivity index (χ3v) is 4.37. The standard InChI is InChI=1S/C15H18Cl2O3/c1-8-5-3-4-6-10(8)12(14(16)17)13(18)11-7-9(2)15(19)20-11/h3-6,9,11-14,18H,7H2,1-2H3/t9-,11+,12-,13+/m1/s1. The van der Waals surface area contributed by atoms with E-state index in [2.05, 4.69) is 0 Å². The number of cyclic esters (lactones) is 1. The molecule has 0 aliphatic carbocycles. The van der Waals surface area contributed by atoms with Crippen molar-refractivity contribution in [2.75, 3.05) is 0 Å². The van der Waals surface area contributed by atoms with E-state index in [-0.39, 0.29) is 11.9 Å². The van der Waals surface area contributed by atoms with Gasteiger partial charge in [0.05, 0.1) is 5.92 Å². The fraction of sp³-hybridized carbons (Fsp3) is 0.533. The smallest absolute Gasteiger partial charge is 0.309 e. The molecule has 2 rings (SSSR count). The van der Waals surface area contributed by atoms with Gasteiger partial charge in [-0.15, -0.1) is 23.2 Å². The molecule has 1 heterocycles. The van der Waals surface area contributed by atoms with Crippen LogP contribution in [0.3, 0.4) is 0 Å². The van der Waals surface area contributed by atoms with E-state index >= 15 is 0 Å². The molecule has 1 aromatic carbocycles. The molecule has 1 aliphatic rings. The Labute approximate surface area is 128 Å². The first-order chi connectivity index (χ1) is 9.41. The molecule has 110 valence electrons. The van der Waals surface area contributed by atoms with Crippen molar-refractivity contribution < 1.29 is 14.6 Å². The fourth-order valence-electron chi connectivity index (χ4n) is 2.63. The molecule has 1 fully saturated rings. The zero-order valence-corrected chi connectivity index (χ0v) is 12.9. The number of ether oxygens (including phenoxy) is 1. The SMILES string of the molecule is Cc1ccccc1[C@@H](C(Cl)Cl)[C@@H](O)[C@@H]1C[C@@H](C)C(=O)O1. The Balaban J connectivity index is 2.26. The van der Waals surface area contributed by atoms with Crippen molar-refractivity contribution in [3.05, 3.63) is 35.4 Å². The Bertz CT molecular complexity index is 490. The number of benzene rings is 1. The van der Waals surface area contributed by atoms with Crippen LogP contribution in [-0.2, 0) is 9.53 Å². The summed E-state index contributed by atoms with van der Waals surface area (Å²) in [6, 6.07) is 7.62. The van der Waals surface area contributed by atoms with Crippen molar-refractivity contribution in [2.45, 2.75) is 43.2 Å². The lowest BCUT2D eigenvalue weighted by Crippen LogP contribution is -2.35. The Hall–Kier alpha value is -0.770. The van der Waals surface area contributed by atoms with Crippen LogP contribution >= 0.6 is 23.2 Å². The molecule has 0 saturated carbocycles. The van der Waals surface area contributed by atoms with Crippen molar-refractivity contribution in [1.29, 1.82) is 0 Å². The molecule has 3 nitrogen and oxygen atoms in total. The zero-order valence-electron chi connectivity index (χ0n) is 11.4. The van der Waals surface area contributed by atoms with E-state index < -0.39 is 23.0 Å². The number of hydrogen-bond acceptors (Lipinski definition) is 3. The lowest BCUT2D eigenvalue weighted by molar-refractivity contribution is -0.148. The van der Waals surface area contributed by atoms with E-state index in [0.717, 1.165) is 11.1 Å². The minimum Gasteiger partial charge on any atom is -0.459 e. The van der Waals surface area contributed by atoms with Crippen LogP contribution in [0.1, 0.15) is 30.4 Å². The molecular formula is C15H18Cl2O3. The largest absolute Gasteiger partial charge is 0.459 e. The number of esters is 1. The van der Waals surface area contributed by atoms with Crippen LogP contribution in [-0.4, -0.2) is 28.1 Å². The summed E-state index contributed by atoms with van der Waals surface area (Å²) >= 11 is 12.1. The Kier molecular flexibility index (Phi) is 4.95. The predicted octanol–water partition coefficient (Wildman–Crippen LogP) is 3.19. The third-order valence-electron chi connectivity index (χ3n) is 3.82. The number of hydrogen-bond donors (Lipinski definition) is 1. The highest BCUT2D eigenvalue weighted by molar-refractivity contribution is 6.44. The number of rotatable bonds is 4. The van der Waals surface area contributed by atoms with Gasteiger partial charge >= 0.3 is 5.97 Å². The van der Waals surface area contributed by atoms with Crippen LogP contribution < -0.4 is 0 Å². The van der Waals surface area contributed by atoms with Crippen LogP contribution in [0, 0.1) is 12.8 Å².